The second kappa shape index (κ2) is 9.34. The van der Waals surface area contributed by atoms with E-state index in [1.807, 2.05) is 31.2 Å². The molecule has 1 aromatic carbocycles. The number of hydrogen-bond acceptors (Lipinski definition) is 7. The van der Waals surface area contributed by atoms with Gasteiger partial charge in [0.25, 0.3) is 0 Å². The molecule has 3 rings (SSSR count). The molecule has 1 aromatic heterocycles. The minimum absolute atomic E-state index is 0.230. The average Bonchev–Trinajstić information content (AvgIpc) is 3.30. The van der Waals surface area contributed by atoms with E-state index in [9.17, 15) is 4.79 Å². The second-order valence-corrected chi connectivity index (χ2v) is 7.66. The Morgan fingerprint density at radius 2 is 2.41 bits per heavy atom. The van der Waals surface area contributed by atoms with Gasteiger partial charge in [-0.15, -0.1) is 11.8 Å². The smallest absolute Gasteiger partial charge is 0.321 e. The van der Waals surface area contributed by atoms with Gasteiger partial charge >= 0.3 is 5.97 Å². The maximum Gasteiger partial charge on any atom is 0.321 e. The van der Waals surface area contributed by atoms with E-state index in [2.05, 4.69) is 34.4 Å². The molecule has 2 aromatic rings. The maximum atomic E-state index is 11.0. The lowest BCUT2D eigenvalue weighted by atomic mass is 10.2. The number of aromatic nitrogens is 1. The van der Waals surface area contributed by atoms with Crippen LogP contribution in [0.25, 0.3) is 0 Å². The van der Waals surface area contributed by atoms with Gasteiger partial charge in [-0.1, -0.05) is 18.2 Å². The highest BCUT2D eigenvalue weighted by Crippen LogP contribution is 2.38. The highest BCUT2D eigenvalue weighted by molar-refractivity contribution is 8.02. The number of carboxylic acid groups (broad SMARTS) is 1. The van der Waals surface area contributed by atoms with Gasteiger partial charge in [0.15, 0.2) is 0 Å². The first-order chi connectivity index (χ1) is 13.1. The van der Waals surface area contributed by atoms with Crippen molar-refractivity contribution in [3.8, 4) is 5.75 Å². The summed E-state index contributed by atoms with van der Waals surface area (Å²) in [5, 5.41) is 14.4. The van der Waals surface area contributed by atoms with Crippen molar-refractivity contribution in [2.24, 2.45) is 0 Å². The first-order valence-electron chi connectivity index (χ1n) is 8.62. The fraction of sp³-hybridized carbons (Fsp3) is 0.368. The van der Waals surface area contributed by atoms with Gasteiger partial charge in [0.1, 0.15) is 29.9 Å². The lowest BCUT2D eigenvalue weighted by Crippen LogP contribution is -2.37. The van der Waals surface area contributed by atoms with E-state index in [4.69, 9.17) is 14.3 Å². The largest absolute Gasteiger partial charge is 0.487 e. The Morgan fingerprint density at radius 1 is 1.56 bits per heavy atom. The lowest BCUT2D eigenvalue weighted by Gasteiger charge is -2.12. The van der Waals surface area contributed by atoms with Crippen LogP contribution in [0.1, 0.15) is 34.6 Å². The predicted octanol–water partition coefficient (Wildman–Crippen LogP) is 3.73. The zero-order valence-electron chi connectivity index (χ0n) is 14.9. The number of carboxylic acids is 1. The topological polar surface area (TPSA) is 84.6 Å². The summed E-state index contributed by atoms with van der Waals surface area (Å²) in [5.41, 5.74) is 1.73. The standard InChI is InChI=1S/C19H22N2O4S2/c1-12-15(21-18(25-12)17-6-3-7-27-17)10-24-14-5-2-4-13(8-14)9-20-16(11-26)19(22)23/h2-5,7-8,16-17,20,26H,6,9-11H2,1H3,(H,22,23)/t16-,17?/m0/s1. The van der Waals surface area contributed by atoms with E-state index in [0.29, 0.717) is 18.9 Å². The van der Waals surface area contributed by atoms with Crippen molar-refractivity contribution in [2.75, 3.05) is 5.75 Å². The van der Waals surface area contributed by atoms with E-state index in [1.165, 1.54) is 0 Å². The van der Waals surface area contributed by atoms with Gasteiger partial charge in [0.05, 0.1) is 5.25 Å². The number of aryl methyl sites for hydroxylation is 1. The molecule has 1 aliphatic heterocycles. The fourth-order valence-electron chi connectivity index (χ4n) is 2.63. The van der Waals surface area contributed by atoms with Gasteiger partial charge in [0, 0.05) is 12.3 Å². The molecule has 0 saturated carbocycles. The Morgan fingerprint density at radius 3 is 3.11 bits per heavy atom. The van der Waals surface area contributed by atoms with Gasteiger partial charge in [-0.05, 0) is 36.4 Å². The van der Waals surface area contributed by atoms with Crippen molar-refractivity contribution in [3.63, 3.8) is 0 Å². The first-order valence-corrected chi connectivity index (χ1v) is 10.2. The van der Waals surface area contributed by atoms with Gasteiger partial charge in [-0.3, -0.25) is 10.1 Å². The van der Waals surface area contributed by atoms with Crippen molar-refractivity contribution >= 4 is 30.4 Å². The van der Waals surface area contributed by atoms with Crippen LogP contribution in [-0.4, -0.2) is 27.9 Å². The number of carbonyl (C=O) groups is 1. The summed E-state index contributed by atoms with van der Waals surface area (Å²) in [6.45, 7) is 2.64. The van der Waals surface area contributed by atoms with Crippen LogP contribution in [-0.2, 0) is 17.9 Å². The zero-order chi connectivity index (χ0) is 19.2. The molecule has 6 nitrogen and oxygen atoms in total. The minimum Gasteiger partial charge on any atom is -0.487 e. The summed E-state index contributed by atoms with van der Waals surface area (Å²) in [6, 6.07) is 6.87. The van der Waals surface area contributed by atoms with Crippen molar-refractivity contribution in [1.29, 1.82) is 0 Å². The Labute approximate surface area is 167 Å². The van der Waals surface area contributed by atoms with Gasteiger partial charge in [0.2, 0.25) is 5.89 Å². The molecule has 0 aliphatic carbocycles. The van der Waals surface area contributed by atoms with Crippen LogP contribution in [0, 0.1) is 6.92 Å². The van der Waals surface area contributed by atoms with Crippen molar-refractivity contribution in [1.82, 2.24) is 10.3 Å². The van der Waals surface area contributed by atoms with Crippen molar-refractivity contribution in [2.45, 2.75) is 37.8 Å². The summed E-state index contributed by atoms with van der Waals surface area (Å²) in [6.07, 6.45) is 3.05. The molecule has 1 unspecified atom stereocenters. The number of allylic oxidation sites excluding steroid dienone is 1. The molecule has 0 spiro atoms. The molecular weight excluding hydrogens is 384 g/mol. The highest BCUT2D eigenvalue weighted by atomic mass is 32.2. The van der Waals surface area contributed by atoms with Crippen LogP contribution in [0.3, 0.4) is 0 Å². The van der Waals surface area contributed by atoms with E-state index in [1.54, 1.807) is 11.8 Å². The van der Waals surface area contributed by atoms with E-state index in [-0.39, 0.29) is 11.0 Å². The summed E-state index contributed by atoms with van der Waals surface area (Å²) >= 11 is 5.76. The third-order valence-corrected chi connectivity index (χ3v) is 5.62. The Hall–Kier alpha value is -1.90. The molecule has 0 fully saturated rings. The van der Waals surface area contributed by atoms with Crippen LogP contribution in [0.5, 0.6) is 5.75 Å². The summed E-state index contributed by atoms with van der Waals surface area (Å²) in [5.74, 6) is 1.53. The van der Waals surface area contributed by atoms with Crippen LogP contribution >= 0.6 is 24.4 Å². The van der Waals surface area contributed by atoms with Crippen LogP contribution in [0.2, 0.25) is 0 Å². The Balaban J connectivity index is 1.57. The van der Waals surface area contributed by atoms with Gasteiger partial charge in [-0.2, -0.15) is 12.6 Å². The van der Waals surface area contributed by atoms with Crippen LogP contribution < -0.4 is 10.1 Å². The number of thiol groups is 1. The lowest BCUT2D eigenvalue weighted by molar-refractivity contribution is -0.138. The molecule has 1 aliphatic rings. The number of thioether (sulfide) groups is 1. The molecule has 2 N–H and O–H groups in total. The number of oxazole rings is 1. The fourth-order valence-corrected chi connectivity index (χ4v) is 3.77. The van der Waals surface area contributed by atoms with Crippen LogP contribution in [0.15, 0.2) is 40.2 Å². The molecular formula is C19H22N2O4S2. The SMILES string of the molecule is Cc1oc(C2CC=CS2)nc1COc1cccc(CN[C@@H](CS)C(=O)O)c1. The third kappa shape index (κ3) is 5.31. The number of aliphatic carboxylic acids is 1. The van der Waals surface area contributed by atoms with Gasteiger partial charge < -0.3 is 14.3 Å². The first kappa shape index (κ1) is 19.9. The number of rotatable bonds is 9. The van der Waals surface area contributed by atoms with Crippen molar-refractivity contribution in [3.05, 3.63) is 58.7 Å². The molecule has 2 atom stereocenters. The second-order valence-electron chi connectivity index (χ2n) is 6.18. The number of nitrogens with zero attached hydrogens (tertiary/aromatic N) is 1. The highest BCUT2D eigenvalue weighted by Gasteiger charge is 2.21. The predicted molar refractivity (Wildman–Crippen MR) is 108 cm³/mol. The summed E-state index contributed by atoms with van der Waals surface area (Å²) < 4.78 is 11.7. The molecule has 2 heterocycles. The van der Waals surface area contributed by atoms with Gasteiger partial charge in [-0.25, -0.2) is 4.98 Å². The molecule has 0 bridgehead atoms. The molecule has 0 amide bonds. The molecule has 0 saturated heterocycles. The molecule has 0 radical (unpaired) electrons. The zero-order valence-corrected chi connectivity index (χ0v) is 16.6. The number of ether oxygens (including phenoxy) is 1. The normalized spacial score (nSPS) is 17.2. The average molecular weight is 407 g/mol. The van der Waals surface area contributed by atoms with Crippen LogP contribution in [0.4, 0.5) is 0 Å². The Kier molecular flexibility index (Phi) is 6.87. The molecule has 144 valence electrons. The van der Waals surface area contributed by atoms with E-state index < -0.39 is 12.0 Å². The minimum atomic E-state index is -0.912. The summed E-state index contributed by atoms with van der Waals surface area (Å²) in [7, 11) is 0. The monoisotopic (exact) mass is 406 g/mol. The summed E-state index contributed by atoms with van der Waals surface area (Å²) in [4.78, 5) is 15.6. The quantitative estimate of drug-likeness (QED) is 0.547. The number of hydrogen-bond donors (Lipinski definition) is 3. The number of nitrogens with one attached hydrogen (secondary N) is 1. The third-order valence-electron chi connectivity index (χ3n) is 4.18. The Bertz CT molecular complexity index is 814. The van der Waals surface area contributed by atoms with E-state index >= 15 is 0 Å². The number of benzene rings is 1. The van der Waals surface area contributed by atoms with E-state index in [0.717, 1.165) is 29.3 Å². The molecule has 27 heavy (non-hydrogen) atoms. The molecule has 8 heteroatoms. The maximum absolute atomic E-state index is 11.0. The van der Waals surface area contributed by atoms with Crippen molar-refractivity contribution < 1.29 is 19.1 Å².